The first-order valence-corrected chi connectivity index (χ1v) is 11.1. The van der Waals surface area contributed by atoms with Crippen molar-refractivity contribution in [2.75, 3.05) is 18.0 Å². The van der Waals surface area contributed by atoms with E-state index in [0.717, 1.165) is 54.9 Å². The molecule has 0 radical (unpaired) electrons. The Bertz CT molecular complexity index is 1220. The van der Waals surface area contributed by atoms with E-state index >= 15 is 0 Å². The number of rotatable bonds is 4. The number of nitrogens with zero attached hydrogens (tertiary/aromatic N) is 2. The number of piperidine rings is 1. The van der Waals surface area contributed by atoms with Crippen molar-refractivity contribution in [1.29, 1.82) is 0 Å². The number of fused-ring (bicyclic) bond motifs is 1. The normalized spacial score (nSPS) is 14.3. The van der Waals surface area contributed by atoms with Crippen molar-refractivity contribution < 1.29 is 27.1 Å². The largest absolute Gasteiger partial charge is 0.490 e. The monoisotopic (exact) mass is 483 g/mol. The number of aromatic nitrogens is 1. The number of carbonyl (C=O) groups is 1. The number of hydrogen-bond acceptors (Lipinski definition) is 5. The minimum Gasteiger partial charge on any atom is -0.490 e. The number of halogens is 3. The summed E-state index contributed by atoms with van der Waals surface area (Å²) in [7, 11) is 0. The number of nitrogens with two attached hydrogens (primary N) is 1. The number of hydrogen-bond donors (Lipinski definition) is 1. The van der Waals surface area contributed by atoms with Gasteiger partial charge < -0.3 is 19.8 Å². The zero-order valence-corrected chi connectivity index (χ0v) is 18.7. The zero-order chi connectivity index (χ0) is 24.8. The highest BCUT2D eigenvalue weighted by atomic mass is 19.4. The van der Waals surface area contributed by atoms with Crippen LogP contribution in [0.25, 0.3) is 11.0 Å². The summed E-state index contributed by atoms with van der Waals surface area (Å²) in [5.74, 6) is 0.468. The van der Waals surface area contributed by atoms with Gasteiger partial charge in [-0.2, -0.15) is 13.2 Å². The lowest BCUT2D eigenvalue weighted by atomic mass is 10.1. The van der Waals surface area contributed by atoms with Crippen molar-refractivity contribution in [1.82, 2.24) is 4.98 Å². The van der Waals surface area contributed by atoms with Gasteiger partial charge >= 0.3 is 6.18 Å². The number of alkyl halides is 3. The number of benzene rings is 2. The lowest BCUT2D eigenvalue weighted by molar-refractivity contribution is -0.137. The molecule has 0 aliphatic carbocycles. The fourth-order valence-electron chi connectivity index (χ4n) is 3.81. The molecule has 35 heavy (non-hydrogen) atoms. The van der Waals surface area contributed by atoms with Crippen LogP contribution in [0.1, 0.15) is 29.0 Å². The first-order chi connectivity index (χ1) is 16.8. The van der Waals surface area contributed by atoms with Crippen LogP contribution in [0.2, 0.25) is 0 Å². The number of primary amides is 1. The van der Waals surface area contributed by atoms with E-state index in [4.69, 9.17) is 14.9 Å². The number of ether oxygens (including phenoxy) is 1. The Hall–Kier alpha value is -4.01. The first-order valence-electron chi connectivity index (χ1n) is 11.1. The van der Waals surface area contributed by atoms with Gasteiger partial charge in [0.05, 0.1) is 5.56 Å². The molecule has 0 saturated carbocycles. The minimum absolute atomic E-state index is 0.128. The molecule has 9 heteroatoms. The molecule has 4 aromatic rings. The molecule has 0 spiro atoms. The van der Waals surface area contributed by atoms with Crippen LogP contribution in [0.4, 0.5) is 18.9 Å². The average Bonchev–Trinajstić information content (AvgIpc) is 3.30. The van der Waals surface area contributed by atoms with E-state index in [-0.39, 0.29) is 11.9 Å². The Morgan fingerprint density at radius 3 is 2.26 bits per heavy atom. The second-order valence-corrected chi connectivity index (χ2v) is 8.04. The van der Waals surface area contributed by atoms with Gasteiger partial charge in [0.1, 0.15) is 17.4 Å². The number of pyridine rings is 1. The Labute approximate surface area is 200 Å². The topological polar surface area (TPSA) is 81.6 Å². The van der Waals surface area contributed by atoms with Gasteiger partial charge in [-0.1, -0.05) is 18.2 Å². The summed E-state index contributed by atoms with van der Waals surface area (Å²) in [6.45, 7) is 1.53. The predicted octanol–water partition coefficient (Wildman–Crippen LogP) is 5.68. The highest BCUT2D eigenvalue weighted by Crippen LogP contribution is 2.31. The summed E-state index contributed by atoms with van der Waals surface area (Å²) >= 11 is 0. The molecule has 1 amide bonds. The van der Waals surface area contributed by atoms with Gasteiger partial charge in [0.25, 0.3) is 5.91 Å². The third kappa shape index (κ3) is 6.32. The van der Waals surface area contributed by atoms with Gasteiger partial charge in [0.15, 0.2) is 5.76 Å². The van der Waals surface area contributed by atoms with Crippen LogP contribution < -0.4 is 15.4 Å². The van der Waals surface area contributed by atoms with E-state index in [2.05, 4.69) is 9.88 Å². The number of amides is 1. The van der Waals surface area contributed by atoms with Crippen LogP contribution in [0.3, 0.4) is 0 Å². The fraction of sp³-hybridized carbons (Fsp3) is 0.231. The summed E-state index contributed by atoms with van der Waals surface area (Å²) in [6.07, 6.45) is 0.888. The third-order valence-electron chi connectivity index (χ3n) is 5.62. The molecule has 1 fully saturated rings. The van der Waals surface area contributed by atoms with E-state index in [1.165, 1.54) is 12.1 Å². The molecule has 2 N–H and O–H groups in total. The van der Waals surface area contributed by atoms with E-state index < -0.39 is 17.6 Å². The van der Waals surface area contributed by atoms with E-state index in [0.29, 0.717) is 5.58 Å². The van der Waals surface area contributed by atoms with E-state index in [1.54, 1.807) is 24.5 Å². The van der Waals surface area contributed by atoms with E-state index in [1.807, 2.05) is 30.3 Å². The number of para-hydroxylation sites is 1. The van der Waals surface area contributed by atoms with Crippen LogP contribution in [-0.2, 0) is 6.18 Å². The quantitative estimate of drug-likeness (QED) is 0.404. The summed E-state index contributed by atoms with van der Waals surface area (Å²) < 4.78 is 48.8. The van der Waals surface area contributed by atoms with Crippen LogP contribution in [-0.4, -0.2) is 30.1 Å². The standard InChI is InChI=1S/C17H17F3N2O.C9H7NO2/c18-17(19,20)13-1-3-14(4-2-13)22-11-7-16(8-12-22)23-15-5-9-21-10-6-15;10-9(11)8-5-6-3-1-2-4-7(6)12-8/h1-6,9-10,16H,7-8,11-12H2;1-5H,(H2,10,11). The van der Waals surface area contributed by atoms with Crippen molar-refractivity contribution in [2.45, 2.75) is 25.1 Å². The molecule has 2 aromatic carbocycles. The molecule has 0 atom stereocenters. The SMILES string of the molecule is FC(F)(F)c1ccc(N2CCC(Oc3ccncc3)CC2)cc1.NC(=O)c1cc2ccccc2o1. The smallest absolute Gasteiger partial charge is 0.416 e. The molecule has 1 saturated heterocycles. The van der Waals surface area contributed by atoms with E-state index in [9.17, 15) is 18.0 Å². The van der Waals surface area contributed by atoms with Crippen molar-refractivity contribution in [3.63, 3.8) is 0 Å². The molecule has 1 aliphatic heterocycles. The maximum Gasteiger partial charge on any atom is 0.416 e. The van der Waals surface area contributed by atoms with Crippen LogP contribution in [0.15, 0.2) is 83.5 Å². The number of carbonyl (C=O) groups excluding carboxylic acids is 1. The van der Waals surface area contributed by atoms with Gasteiger partial charge in [0, 0.05) is 49.4 Å². The molecular formula is C26H24F3N3O3. The molecular weight excluding hydrogens is 459 g/mol. The van der Waals surface area contributed by atoms with Gasteiger partial charge in [-0.3, -0.25) is 9.78 Å². The first kappa shape index (κ1) is 24.1. The number of anilines is 1. The zero-order valence-electron chi connectivity index (χ0n) is 18.7. The lowest BCUT2D eigenvalue weighted by Crippen LogP contribution is -2.38. The second-order valence-electron chi connectivity index (χ2n) is 8.04. The maximum atomic E-state index is 12.6. The van der Waals surface area contributed by atoms with Crippen LogP contribution in [0, 0.1) is 0 Å². The van der Waals surface area contributed by atoms with Crippen LogP contribution >= 0.6 is 0 Å². The predicted molar refractivity (Wildman–Crippen MR) is 126 cm³/mol. The number of furan rings is 1. The second kappa shape index (κ2) is 10.5. The molecule has 0 unspecified atom stereocenters. The third-order valence-corrected chi connectivity index (χ3v) is 5.62. The molecule has 2 aromatic heterocycles. The Balaban J connectivity index is 0.000000201. The molecule has 3 heterocycles. The maximum absolute atomic E-state index is 12.6. The highest BCUT2D eigenvalue weighted by Gasteiger charge is 2.30. The van der Waals surface area contributed by atoms with Gasteiger partial charge in [-0.05, 0) is 48.5 Å². The lowest BCUT2D eigenvalue weighted by Gasteiger charge is -2.33. The molecule has 6 nitrogen and oxygen atoms in total. The van der Waals surface area contributed by atoms with Gasteiger partial charge in [-0.15, -0.1) is 0 Å². The Kier molecular flexibility index (Phi) is 7.24. The summed E-state index contributed by atoms with van der Waals surface area (Å²) in [5, 5.41) is 0.895. The fourth-order valence-corrected chi connectivity index (χ4v) is 3.81. The van der Waals surface area contributed by atoms with Gasteiger partial charge in [-0.25, -0.2) is 0 Å². The van der Waals surface area contributed by atoms with Crippen molar-refractivity contribution in [3.05, 3.63) is 90.4 Å². The van der Waals surface area contributed by atoms with Crippen LogP contribution in [0.5, 0.6) is 5.75 Å². The minimum atomic E-state index is -4.29. The van der Waals surface area contributed by atoms with Gasteiger partial charge in [0.2, 0.25) is 0 Å². The van der Waals surface area contributed by atoms with Crippen molar-refractivity contribution in [2.24, 2.45) is 5.73 Å². The molecule has 182 valence electrons. The van der Waals surface area contributed by atoms with Crippen molar-refractivity contribution >= 4 is 22.6 Å². The Morgan fingerprint density at radius 2 is 1.66 bits per heavy atom. The molecule has 0 bridgehead atoms. The summed E-state index contributed by atoms with van der Waals surface area (Å²) in [4.78, 5) is 16.7. The summed E-state index contributed by atoms with van der Waals surface area (Å²) in [6, 6.07) is 18.0. The summed E-state index contributed by atoms with van der Waals surface area (Å²) in [5.41, 5.74) is 5.94. The average molecular weight is 483 g/mol. The van der Waals surface area contributed by atoms with Crippen molar-refractivity contribution in [3.8, 4) is 5.75 Å². The molecule has 1 aliphatic rings. The molecule has 5 rings (SSSR count). The highest BCUT2D eigenvalue weighted by molar-refractivity contribution is 5.94. The Morgan fingerprint density at radius 1 is 1.00 bits per heavy atom.